The second-order valence-electron chi connectivity index (χ2n) is 4.17. The van der Waals surface area contributed by atoms with Gasteiger partial charge in [-0.3, -0.25) is 4.98 Å². The summed E-state index contributed by atoms with van der Waals surface area (Å²) in [7, 11) is 0. The van der Waals surface area contributed by atoms with E-state index in [1.807, 2.05) is 19.1 Å². The maximum absolute atomic E-state index is 13.7. The lowest BCUT2D eigenvalue weighted by atomic mass is 10.2. The molecule has 0 atom stereocenters. The van der Waals surface area contributed by atoms with Crippen molar-refractivity contribution in [1.29, 1.82) is 0 Å². The Labute approximate surface area is 105 Å². The number of aryl methyl sites for hydroxylation is 2. The van der Waals surface area contributed by atoms with Crippen LogP contribution < -0.4 is 5.32 Å². The molecular formula is C14H14F2N2. The van der Waals surface area contributed by atoms with Gasteiger partial charge in [0.25, 0.3) is 0 Å². The number of hydrogen-bond donors (Lipinski definition) is 1. The Bertz CT molecular complexity index is 568. The van der Waals surface area contributed by atoms with E-state index >= 15 is 0 Å². The number of halogens is 2. The van der Waals surface area contributed by atoms with Crippen LogP contribution in [0.15, 0.2) is 30.5 Å². The lowest BCUT2D eigenvalue weighted by Gasteiger charge is -2.11. The minimum absolute atomic E-state index is 0.0972. The average Bonchev–Trinajstić information content (AvgIpc) is 2.36. The van der Waals surface area contributed by atoms with E-state index in [4.69, 9.17) is 0 Å². The van der Waals surface area contributed by atoms with Gasteiger partial charge in [0.1, 0.15) is 11.5 Å². The summed E-state index contributed by atoms with van der Waals surface area (Å²) in [6.45, 7) is 3.81. The van der Waals surface area contributed by atoms with Crippen molar-refractivity contribution in [2.75, 3.05) is 5.32 Å². The molecule has 2 rings (SSSR count). The van der Waals surface area contributed by atoms with Crippen LogP contribution in [0, 0.1) is 25.5 Å². The van der Waals surface area contributed by atoms with E-state index in [-0.39, 0.29) is 5.69 Å². The molecule has 1 aromatic carbocycles. The van der Waals surface area contributed by atoms with E-state index in [1.165, 1.54) is 12.1 Å². The first-order valence-corrected chi connectivity index (χ1v) is 5.68. The number of hydrogen-bond acceptors (Lipinski definition) is 2. The second kappa shape index (κ2) is 5.12. The van der Waals surface area contributed by atoms with E-state index in [9.17, 15) is 8.78 Å². The van der Waals surface area contributed by atoms with Gasteiger partial charge in [-0.15, -0.1) is 0 Å². The first-order valence-electron chi connectivity index (χ1n) is 5.68. The Kier molecular flexibility index (Phi) is 3.55. The maximum atomic E-state index is 13.7. The summed E-state index contributed by atoms with van der Waals surface area (Å²) in [6.07, 6.45) is 1.66. The molecule has 1 heterocycles. The zero-order valence-corrected chi connectivity index (χ0v) is 10.3. The Morgan fingerprint density at radius 3 is 2.61 bits per heavy atom. The van der Waals surface area contributed by atoms with Gasteiger partial charge in [0.05, 0.1) is 12.2 Å². The quantitative estimate of drug-likeness (QED) is 0.897. The van der Waals surface area contributed by atoms with Gasteiger partial charge in [0.2, 0.25) is 0 Å². The third-order valence-electron chi connectivity index (χ3n) is 2.83. The van der Waals surface area contributed by atoms with Gasteiger partial charge in [-0.05, 0) is 37.1 Å². The first kappa shape index (κ1) is 12.5. The van der Waals surface area contributed by atoms with Crippen LogP contribution in [-0.4, -0.2) is 4.98 Å². The third-order valence-corrected chi connectivity index (χ3v) is 2.83. The zero-order chi connectivity index (χ0) is 13.1. The molecule has 0 spiro atoms. The molecule has 0 saturated carbocycles. The highest BCUT2D eigenvalue weighted by Crippen LogP contribution is 2.22. The van der Waals surface area contributed by atoms with E-state index in [1.54, 1.807) is 13.1 Å². The van der Waals surface area contributed by atoms with Crippen molar-refractivity contribution in [3.05, 3.63) is 58.9 Å². The number of aromatic nitrogens is 1. The topological polar surface area (TPSA) is 24.9 Å². The van der Waals surface area contributed by atoms with E-state index in [0.29, 0.717) is 12.1 Å². The standard InChI is InChI=1S/C14H14F2N2/c1-9-4-3-7-17-12(9)8-18-14-11(15)6-5-10(2)13(14)16/h3-7,18H,8H2,1-2H3. The number of rotatable bonds is 3. The Morgan fingerprint density at radius 2 is 1.89 bits per heavy atom. The van der Waals surface area contributed by atoms with E-state index in [0.717, 1.165) is 11.3 Å². The molecule has 0 aliphatic carbocycles. The number of nitrogens with zero attached hydrogens (tertiary/aromatic N) is 1. The van der Waals surface area contributed by atoms with Gasteiger partial charge < -0.3 is 5.32 Å². The van der Waals surface area contributed by atoms with Crippen LogP contribution in [0.2, 0.25) is 0 Å². The summed E-state index contributed by atoms with van der Waals surface area (Å²) in [6, 6.07) is 6.41. The molecule has 0 bridgehead atoms. The molecule has 18 heavy (non-hydrogen) atoms. The largest absolute Gasteiger partial charge is 0.375 e. The number of nitrogens with one attached hydrogen (secondary N) is 1. The van der Waals surface area contributed by atoms with Crippen LogP contribution in [0.4, 0.5) is 14.5 Å². The van der Waals surface area contributed by atoms with E-state index < -0.39 is 11.6 Å². The van der Waals surface area contributed by atoms with Gasteiger partial charge in [-0.2, -0.15) is 0 Å². The summed E-state index contributed by atoms with van der Waals surface area (Å²) in [5.41, 5.74) is 2.08. The summed E-state index contributed by atoms with van der Waals surface area (Å²) in [5, 5.41) is 2.77. The summed E-state index contributed by atoms with van der Waals surface area (Å²) >= 11 is 0. The van der Waals surface area contributed by atoms with Crippen molar-refractivity contribution in [2.24, 2.45) is 0 Å². The molecular weight excluding hydrogens is 234 g/mol. The number of pyridine rings is 1. The number of anilines is 1. The predicted molar refractivity (Wildman–Crippen MR) is 67.4 cm³/mol. The van der Waals surface area contributed by atoms with Crippen LogP contribution >= 0.6 is 0 Å². The van der Waals surface area contributed by atoms with E-state index in [2.05, 4.69) is 10.3 Å². The van der Waals surface area contributed by atoms with Crippen molar-refractivity contribution in [1.82, 2.24) is 4.98 Å². The first-order chi connectivity index (χ1) is 8.59. The fourth-order valence-electron chi connectivity index (χ4n) is 1.69. The maximum Gasteiger partial charge on any atom is 0.152 e. The Balaban J connectivity index is 2.21. The molecule has 0 saturated heterocycles. The SMILES string of the molecule is Cc1cccnc1CNc1c(F)ccc(C)c1F. The van der Waals surface area contributed by atoms with Gasteiger partial charge in [-0.1, -0.05) is 12.1 Å². The molecule has 0 radical (unpaired) electrons. The fraction of sp³-hybridized carbons (Fsp3) is 0.214. The normalized spacial score (nSPS) is 10.4. The minimum Gasteiger partial charge on any atom is -0.375 e. The molecule has 4 heteroatoms. The van der Waals surface area contributed by atoms with Crippen LogP contribution in [0.1, 0.15) is 16.8 Å². The molecule has 0 amide bonds. The summed E-state index contributed by atoms with van der Waals surface area (Å²) < 4.78 is 27.3. The van der Waals surface area contributed by atoms with Crippen molar-refractivity contribution < 1.29 is 8.78 Å². The molecule has 2 aromatic rings. The van der Waals surface area contributed by atoms with Crippen molar-refractivity contribution in [2.45, 2.75) is 20.4 Å². The smallest absolute Gasteiger partial charge is 0.152 e. The van der Waals surface area contributed by atoms with Crippen molar-refractivity contribution >= 4 is 5.69 Å². The highest BCUT2D eigenvalue weighted by atomic mass is 19.1. The highest BCUT2D eigenvalue weighted by molar-refractivity contribution is 5.49. The van der Waals surface area contributed by atoms with Crippen LogP contribution in [0.25, 0.3) is 0 Å². The van der Waals surface area contributed by atoms with Crippen LogP contribution in [0.5, 0.6) is 0 Å². The zero-order valence-electron chi connectivity index (χ0n) is 10.3. The number of benzene rings is 1. The molecule has 0 aliphatic heterocycles. The van der Waals surface area contributed by atoms with Crippen molar-refractivity contribution in [3.8, 4) is 0 Å². The molecule has 94 valence electrons. The predicted octanol–water partition coefficient (Wildman–Crippen LogP) is 3.59. The molecule has 0 fully saturated rings. The molecule has 1 aromatic heterocycles. The third kappa shape index (κ3) is 2.47. The Hall–Kier alpha value is -1.97. The van der Waals surface area contributed by atoms with Crippen LogP contribution in [0.3, 0.4) is 0 Å². The summed E-state index contributed by atoms with van der Waals surface area (Å²) in [5.74, 6) is -1.14. The second-order valence-corrected chi connectivity index (χ2v) is 4.17. The molecule has 1 N–H and O–H groups in total. The van der Waals surface area contributed by atoms with Crippen molar-refractivity contribution in [3.63, 3.8) is 0 Å². The molecule has 2 nitrogen and oxygen atoms in total. The highest BCUT2D eigenvalue weighted by Gasteiger charge is 2.11. The van der Waals surface area contributed by atoms with Crippen LogP contribution in [-0.2, 0) is 6.54 Å². The minimum atomic E-state index is -0.591. The molecule has 0 unspecified atom stereocenters. The lowest BCUT2D eigenvalue weighted by Crippen LogP contribution is -2.07. The molecule has 0 aliphatic rings. The van der Waals surface area contributed by atoms with Gasteiger partial charge in [0.15, 0.2) is 5.82 Å². The fourth-order valence-corrected chi connectivity index (χ4v) is 1.69. The lowest BCUT2D eigenvalue weighted by molar-refractivity contribution is 0.582. The van der Waals surface area contributed by atoms with Gasteiger partial charge in [0, 0.05) is 6.20 Å². The summed E-state index contributed by atoms with van der Waals surface area (Å²) in [4.78, 5) is 4.17. The van der Waals surface area contributed by atoms with Gasteiger partial charge >= 0.3 is 0 Å². The average molecular weight is 248 g/mol. The monoisotopic (exact) mass is 248 g/mol. The Morgan fingerprint density at radius 1 is 1.11 bits per heavy atom. The van der Waals surface area contributed by atoms with Gasteiger partial charge in [-0.25, -0.2) is 8.78 Å².